The SMILES string of the molecule is Cc1nc(C2(C)CCCO2)sc1CNC(C)(C)C. The molecule has 102 valence electrons. The molecule has 3 nitrogen and oxygen atoms in total. The van der Waals surface area contributed by atoms with E-state index < -0.39 is 0 Å². The summed E-state index contributed by atoms with van der Waals surface area (Å²) in [6.07, 6.45) is 2.23. The van der Waals surface area contributed by atoms with E-state index in [1.807, 2.05) is 0 Å². The Labute approximate surface area is 114 Å². The first-order chi connectivity index (χ1) is 8.30. The van der Waals surface area contributed by atoms with Crippen molar-refractivity contribution in [2.45, 2.75) is 65.1 Å². The number of aryl methyl sites for hydroxylation is 1. The van der Waals surface area contributed by atoms with E-state index in [9.17, 15) is 0 Å². The third-order valence-electron chi connectivity index (χ3n) is 3.34. The second kappa shape index (κ2) is 4.91. The Morgan fingerprint density at radius 2 is 2.17 bits per heavy atom. The Morgan fingerprint density at radius 3 is 2.72 bits per heavy atom. The van der Waals surface area contributed by atoms with E-state index in [0.29, 0.717) is 0 Å². The number of nitrogens with one attached hydrogen (secondary N) is 1. The minimum atomic E-state index is -0.143. The highest BCUT2D eigenvalue weighted by Crippen LogP contribution is 2.38. The highest BCUT2D eigenvalue weighted by molar-refractivity contribution is 7.11. The van der Waals surface area contributed by atoms with Gasteiger partial charge in [0, 0.05) is 23.6 Å². The normalized spacial score (nSPS) is 24.7. The summed E-state index contributed by atoms with van der Waals surface area (Å²) in [5.41, 5.74) is 1.14. The van der Waals surface area contributed by atoms with Gasteiger partial charge in [0.2, 0.25) is 0 Å². The van der Waals surface area contributed by atoms with Crippen LogP contribution in [0.3, 0.4) is 0 Å². The summed E-state index contributed by atoms with van der Waals surface area (Å²) >= 11 is 1.80. The highest BCUT2D eigenvalue weighted by atomic mass is 32.1. The Hall–Kier alpha value is -0.450. The number of hydrogen-bond donors (Lipinski definition) is 1. The van der Waals surface area contributed by atoms with Crippen LogP contribution in [-0.4, -0.2) is 17.1 Å². The molecule has 1 atom stereocenters. The summed E-state index contributed by atoms with van der Waals surface area (Å²) in [6.45, 7) is 12.6. The van der Waals surface area contributed by atoms with Gasteiger partial charge in [0.15, 0.2) is 0 Å². The lowest BCUT2D eigenvalue weighted by molar-refractivity contribution is 0.0166. The Bertz CT molecular complexity index is 414. The van der Waals surface area contributed by atoms with Crippen LogP contribution in [0.25, 0.3) is 0 Å². The topological polar surface area (TPSA) is 34.1 Å². The van der Waals surface area contributed by atoms with Gasteiger partial charge < -0.3 is 10.1 Å². The van der Waals surface area contributed by atoms with Gasteiger partial charge in [-0.3, -0.25) is 0 Å². The minimum Gasteiger partial charge on any atom is -0.368 e. The zero-order valence-corrected chi connectivity index (χ0v) is 12.9. The van der Waals surface area contributed by atoms with Crippen LogP contribution in [0.2, 0.25) is 0 Å². The van der Waals surface area contributed by atoms with Gasteiger partial charge in [-0.15, -0.1) is 11.3 Å². The maximum Gasteiger partial charge on any atom is 0.125 e. The maximum absolute atomic E-state index is 5.87. The van der Waals surface area contributed by atoms with Gasteiger partial charge in [-0.25, -0.2) is 4.98 Å². The molecule has 1 unspecified atom stereocenters. The summed E-state index contributed by atoms with van der Waals surface area (Å²) in [6, 6.07) is 0. The molecule has 2 heterocycles. The van der Waals surface area contributed by atoms with E-state index in [0.717, 1.165) is 36.7 Å². The zero-order valence-electron chi connectivity index (χ0n) is 12.1. The molecule has 0 amide bonds. The fourth-order valence-electron chi connectivity index (χ4n) is 2.11. The van der Waals surface area contributed by atoms with E-state index in [1.54, 1.807) is 11.3 Å². The van der Waals surface area contributed by atoms with E-state index in [4.69, 9.17) is 9.72 Å². The standard InChI is InChI=1S/C14H24N2OS/c1-10-11(9-15-13(2,3)4)18-12(16-10)14(5)7-6-8-17-14/h15H,6-9H2,1-5H3. The first-order valence-electron chi connectivity index (χ1n) is 6.66. The molecule has 0 aliphatic carbocycles. The molecule has 1 fully saturated rings. The molecule has 0 radical (unpaired) electrons. The fraction of sp³-hybridized carbons (Fsp3) is 0.786. The van der Waals surface area contributed by atoms with Crippen molar-refractivity contribution in [1.82, 2.24) is 10.3 Å². The molecular formula is C14H24N2OS. The average Bonchev–Trinajstić information content (AvgIpc) is 2.82. The van der Waals surface area contributed by atoms with Crippen molar-refractivity contribution in [3.63, 3.8) is 0 Å². The second-order valence-corrected chi connectivity index (χ2v) is 7.40. The number of thiazole rings is 1. The molecule has 1 aliphatic rings. The van der Waals surface area contributed by atoms with Crippen molar-refractivity contribution in [3.05, 3.63) is 15.6 Å². The Balaban J connectivity index is 2.12. The summed E-state index contributed by atoms with van der Waals surface area (Å²) in [7, 11) is 0. The van der Waals surface area contributed by atoms with E-state index in [-0.39, 0.29) is 11.1 Å². The van der Waals surface area contributed by atoms with Crippen LogP contribution in [0.1, 0.15) is 56.1 Å². The molecular weight excluding hydrogens is 244 g/mol. The third kappa shape index (κ3) is 3.11. The molecule has 4 heteroatoms. The molecule has 1 aliphatic heterocycles. The van der Waals surface area contributed by atoms with Gasteiger partial charge in [-0.1, -0.05) is 0 Å². The van der Waals surface area contributed by atoms with Crippen LogP contribution < -0.4 is 5.32 Å². The van der Waals surface area contributed by atoms with Gasteiger partial charge >= 0.3 is 0 Å². The zero-order chi connectivity index (χ0) is 13.4. The number of ether oxygens (including phenoxy) is 1. The monoisotopic (exact) mass is 268 g/mol. The smallest absolute Gasteiger partial charge is 0.125 e. The van der Waals surface area contributed by atoms with Crippen LogP contribution in [-0.2, 0) is 16.9 Å². The molecule has 0 saturated carbocycles. The second-order valence-electron chi connectivity index (χ2n) is 6.31. The lowest BCUT2D eigenvalue weighted by atomic mass is 10.0. The van der Waals surface area contributed by atoms with E-state index >= 15 is 0 Å². The molecule has 0 aromatic carbocycles. The van der Waals surface area contributed by atoms with Gasteiger partial charge in [0.05, 0.1) is 5.69 Å². The van der Waals surface area contributed by atoms with Gasteiger partial charge in [0.25, 0.3) is 0 Å². The summed E-state index contributed by atoms with van der Waals surface area (Å²) in [5.74, 6) is 0. The van der Waals surface area contributed by atoms with Crippen molar-refractivity contribution >= 4 is 11.3 Å². The predicted octanol–water partition coefficient (Wildman–Crippen LogP) is 3.37. The van der Waals surface area contributed by atoms with Crippen molar-refractivity contribution in [3.8, 4) is 0 Å². The maximum atomic E-state index is 5.87. The van der Waals surface area contributed by atoms with Crippen LogP contribution >= 0.6 is 11.3 Å². The number of rotatable bonds is 3. The molecule has 0 spiro atoms. The van der Waals surface area contributed by atoms with E-state index in [2.05, 4.69) is 39.9 Å². The van der Waals surface area contributed by atoms with Gasteiger partial charge in [0.1, 0.15) is 10.6 Å². The summed E-state index contributed by atoms with van der Waals surface area (Å²) in [4.78, 5) is 6.05. The quantitative estimate of drug-likeness (QED) is 0.912. The van der Waals surface area contributed by atoms with Crippen LogP contribution in [0, 0.1) is 6.92 Å². The van der Waals surface area contributed by atoms with Crippen molar-refractivity contribution in [1.29, 1.82) is 0 Å². The average molecular weight is 268 g/mol. The number of aromatic nitrogens is 1. The summed E-state index contributed by atoms with van der Waals surface area (Å²) in [5, 5.41) is 4.67. The number of hydrogen-bond acceptors (Lipinski definition) is 4. The predicted molar refractivity (Wildman–Crippen MR) is 76.0 cm³/mol. The molecule has 1 N–H and O–H groups in total. The molecule has 0 bridgehead atoms. The van der Waals surface area contributed by atoms with Crippen LogP contribution in [0.5, 0.6) is 0 Å². The summed E-state index contributed by atoms with van der Waals surface area (Å²) < 4.78 is 5.87. The lowest BCUT2D eigenvalue weighted by Gasteiger charge is -2.20. The van der Waals surface area contributed by atoms with Crippen molar-refractivity contribution < 1.29 is 4.74 Å². The molecule has 1 aromatic heterocycles. The lowest BCUT2D eigenvalue weighted by Crippen LogP contribution is -2.34. The van der Waals surface area contributed by atoms with Crippen molar-refractivity contribution in [2.24, 2.45) is 0 Å². The Morgan fingerprint density at radius 1 is 1.44 bits per heavy atom. The number of nitrogens with zero attached hydrogens (tertiary/aromatic N) is 1. The third-order valence-corrected chi connectivity index (χ3v) is 4.75. The van der Waals surface area contributed by atoms with Crippen molar-refractivity contribution in [2.75, 3.05) is 6.61 Å². The van der Waals surface area contributed by atoms with E-state index in [1.165, 1.54) is 4.88 Å². The largest absolute Gasteiger partial charge is 0.368 e. The molecule has 1 saturated heterocycles. The molecule has 2 rings (SSSR count). The highest BCUT2D eigenvalue weighted by Gasteiger charge is 2.35. The molecule has 18 heavy (non-hydrogen) atoms. The van der Waals surface area contributed by atoms with Crippen LogP contribution in [0.4, 0.5) is 0 Å². The fourth-order valence-corrected chi connectivity index (χ4v) is 3.24. The Kier molecular flexibility index (Phi) is 3.81. The first-order valence-corrected chi connectivity index (χ1v) is 7.48. The molecule has 1 aromatic rings. The minimum absolute atomic E-state index is 0.143. The first kappa shape index (κ1) is 14.0. The van der Waals surface area contributed by atoms with Gasteiger partial charge in [-0.2, -0.15) is 0 Å². The van der Waals surface area contributed by atoms with Gasteiger partial charge in [-0.05, 0) is 47.5 Å². The van der Waals surface area contributed by atoms with Crippen LogP contribution in [0.15, 0.2) is 0 Å².